The molecule has 0 spiro atoms. The van der Waals surface area contributed by atoms with Crippen molar-refractivity contribution in [3.63, 3.8) is 0 Å². The maximum absolute atomic E-state index is 12.2. The average Bonchev–Trinajstić information content (AvgIpc) is 2.87. The molecule has 0 saturated carbocycles. The molecule has 0 bridgehead atoms. The van der Waals surface area contributed by atoms with Crippen molar-refractivity contribution in [2.24, 2.45) is 0 Å². The first-order valence-corrected chi connectivity index (χ1v) is 16.9. The van der Waals surface area contributed by atoms with E-state index in [0.717, 1.165) is 38.5 Å². The summed E-state index contributed by atoms with van der Waals surface area (Å²) in [7, 11) is -4.73. The lowest BCUT2D eigenvalue weighted by Crippen LogP contribution is -2.29. The number of phosphoric acid groups is 1. The molecule has 0 fully saturated rings. The summed E-state index contributed by atoms with van der Waals surface area (Å²) >= 11 is 0. The first kappa shape index (κ1) is 37.0. The van der Waals surface area contributed by atoms with Gasteiger partial charge in [-0.3, -0.25) is 14.1 Å². The molecule has 1 atom stereocenters. The van der Waals surface area contributed by atoms with Crippen molar-refractivity contribution >= 4 is 19.8 Å². The summed E-state index contributed by atoms with van der Waals surface area (Å²) in [5.41, 5.74) is 0. The number of phosphoric ester groups is 1. The zero-order valence-electron chi connectivity index (χ0n) is 24.3. The molecule has 38 heavy (non-hydrogen) atoms. The van der Waals surface area contributed by atoms with E-state index in [1.165, 1.54) is 83.5 Å². The van der Waals surface area contributed by atoms with Crippen molar-refractivity contribution in [3.8, 4) is 0 Å². The Kier molecular flexibility index (Phi) is 25.6. The molecule has 0 saturated heterocycles. The molecule has 0 unspecified atom stereocenters. The number of carbonyl (C=O) groups excluding carboxylic acids is 2. The summed E-state index contributed by atoms with van der Waals surface area (Å²) < 4.78 is 26.1. The van der Waals surface area contributed by atoms with Crippen LogP contribution in [0.1, 0.15) is 155 Å². The van der Waals surface area contributed by atoms with Gasteiger partial charge in [0.05, 0.1) is 6.61 Å². The van der Waals surface area contributed by atoms with Gasteiger partial charge >= 0.3 is 19.8 Å². The van der Waals surface area contributed by atoms with Crippen LogP contribution >= 0.6 is 7.82 Å². The standard InChI is InChI=1S/C29H57O8P/c1-3-5-7-9-11-13-14-15-16-18-19-21-23-28(30)35-25-27(26-36-38(32,33)34)37-29(31)24-22-20-17-12-10-8-6-4-2/h27H,3-26H2,1-2H3,(H2,32,33,34)/t27-/m1/s1. The van der Waals surface area contributed by atoms with Gasteiger partial charge in [-0.15, -0.1) is 0 Å². The highest BCUT2D eigenvalue weighted by Gasteiger charge is 2.22. The summed E-state index contributed by atoms with van der Waals surface area (Å²) in [4.78, 5) is 42.2. The first-order valence-electron chi connectivity index (χ1n) is 15.3. The number of unbranched alkanes of at least 4 members (excludes halogenated alkanes) is 18. The molecular weight excluding hydrogens is 507 g/mol. The third-order valence-corrected chi connectivity index (χ3v) is 7.11. The van der Waals surface area contributed by atoms with E-state index in [2.05, 4.69) is 18.4 Å². The molecule has 0 aliphatic carbocycles. The highest BCUT2D eigenvalue weighted by Crippen LogP contribution is 2.35. The minimum absolute atomic E-state index is 0.216. The predicted molar refractivity (Wildman–Crippen MR) is 152 cm³/mol. The smallest absolute Gasteiger partial charge is 0.462 e. The van der Waals surface area contributed by atoms with Crippen LogP contribution in [0.25, 0.3) is 0 Å². The monoisotopic (exact) mass is 564 g/mol. The number of hydrogen-bond acceptors (Lipinski definition) is 6. The van der Waals surface area contributed by atoms with Gasteiger partial charge in [0.25, 0.3) is 0 Å². The van der Waals surface area contributed by atoms with Crippen LogP contribution in [0.15, 0.2) is 0 Å². The van der Waals surface area contributed by atoms with Crippen molar-refractivity contribution in [1.29, 1.82) is 0 Å². The molecule has 0 aliphatic heterocycles. The van der Waals surface area contributed by atoms with Crippen molar-refractivity contribution in [2.45, 2.75) is 161 Å². The van der Waals surface area contributed by atoms with Crippen LogP contribution in [0, 0.1) is 0 Å². The van der Waals surface area contributed by atoms with Gasteiger partial charge in [-0.05, 0) is 12.8 Å². The molecule has 0 heterocycles. The number of hydrogen-bond donors (Lipinski definition) is 2. The van der Waals surface area contributed by atoms with Crippen molar-refractivity contribution in [3.05, 3.63) is 0 Å². The maximum Gasteiger partial charge on any atom is 0.469 e. The Hall–Kier alpha value is -0.950. The largest absolute Gasteiger partial charge is 0.469 e. The summed E-state index contributed by atoms with van der Waals surface area (Å²) in [6.45, 7) is 3.61. The Morgan fingerprint density at radius 1 is 0.579 bits per heavy atom. The Labute approximate surface area is 232 Å². The van der Waals surface area contributed by atoms with Gasteiger partial charge in [0, 0.05) is 12.8 Å². The normalized spacial score (nSPS) is 12.4. The lowest BCUT2D eigenvalue weighted by atomic mass is 10.0. The van der Waals surface area contributed by atoms with E-state index >= 15 is 0 Å². The van der Waals surface area contributed by atoms with Gasteiger partial charge in [-0.1, -0.05) is 129 Å². The molecule has 0 amide bonds. The molecule has 9 heteroatoms. The van der Waals surface area contributed by atoms with Crippen LogP contribution < -0.4 is 0 Å². The van der Waals surface area contributed by atoms with Gasteiger partial charge < -0.3 is 19.3 Å². The van der Waals surface area contributed by atoms with Crippen LogP contribution in [0.2, 0.25) is 0 Å². The summed E-state index contributed by atoms with van der Waals surface area (Å²) in [6.07, 6.45) is 22.7. The second kappa shape index (κ2) is 26.3. The molecule has 2 N–H and O–H groups in total. The summed E-state index contributed by atoms with van der Waals surface area (Å²) in [5.74, 6) is -0.885. The van der Waals surface area contributed by atoms with E-state index in [4.69, 9.17) is 19.3 Å². The Morgan fingerprint density at radius 3 is 1.34 bits per heavy atom. The second-order valence-electron chi connectivity index (χ2n) is 10.4. The molecule has 0 radical (unpaired) electrons. The Balaban J connectivity index is 4.01. The second-order valence-corrected chi connectivity index (χ2v) is 11.7. The quantitative estimate of drug-likeness (QED) is 0.0555. The predicted octanol–water partition coefficient (Wildman–Crippen LogP) is 8.17. The third kappa shape index (κ3) is 28.1. The van der Waals surface area contributed by atoms with Crippen molar-refractivity contribution in [2.75, 3.05) is 13.2 Å². The van der Waals surface area contributed by atoms with Crippen LogP contribution in [-0.4, -0.2) is 41.0 Å². The lowest BCUT2D eigenvalue weighted by Gasteiger charge is -2.18. The molecule has 226 valence electrons. The minimum atomic E-state index is -4.73. The van der Waals surface area contributed by atoms with E-state index in [-0.39, 0.29) is 19.4 Å². The fourth-order valence-electron chi connectivity index (χ4n) is 4.31. The van der Waals surface area contributed by atoms with Crippen LogP contribution in [0.3, 0.4) is 0 Å². The Morgan fingerprint density at radius 2 is 0.947 bits per heavy atom. The zero-order valence-corrected chi connectivity index (χ0v) is 25.2. The van der Waals surface area contributed by atoms with Gasteiger partial charge in [0.2, 0.25) is 0 Å². The molecular formula is C29H57O8P. The minimum Gasteiger partial charge on any atom is -0.462 e. The number of ether oxygens (including phenoxy) is 2. The van der Waals surface area contributed by atoms with Crippen molar-refractivity contribution in [1.82, 2.24) is 0 Å². The highest BCUT2D eigenvalue weighted by molar-refractivity contribution is 7.46. The van der Waals surface area contributed by atoms with E-state index in [1.54, 1.807) is 0 Å². The molecule has 0 aromatic heterocycles. The molecule has 0 aromatic rings. The highest BCUT2D eigenvalue weighted by atomic mass is 31.2. The molecule has 8 nitrogen and oxygen atoms in total. The first-order chi connectivity index (χ1) is 18.3. The van der Waals surface area contributed by atoms with Gasteiger partial charge in [0.1, 0.15) is 6.61 Å². The molecule has 0 rings (SSSR count). The van der Waals surface area contributed by atoms with Crippen LogP contribution in [0.5, 0.6) is 0 Å². The summed E-state index contributed by atoms with van der Waals surface area (Å²) in [6, 6.07) is 0. The summed E-state index contributed by atoms with van der Waals surface area (Å²) in [5, 5.41) is 0. The number of carbonyl (C=O) groups is 2. The molecule has 0 aliphatic rings. The average molecular weight is 565 g/mol. The number of esters is 2. The van der Waals surface area contributed by atoms with E-state index in [1.807, 2.05) is 0 Å². The Bertz CT molecular complexity index is 607. The SMILES string of the molecule is CCCCCCCCCCCCCCC(=O)OC[C@H](COP(=O)(O)O)OC(=O)CCCCCCCCCC. The van der Waals surface area contributed by atoms with E-state index in [9.17, 15) is 14.2 Å². The van der Waals surface area contributed by atoms with Crippen LogP contribution in [-0.2, 0) is 28.2 Å². The van der Waals surface area contributed by atoms with Gasteiger partial charge in [-0.25, -0.2) is 4.57 Å². The fourth-order valence-corrected chi connectivity index (χ4v) is 4.67. The van der Waals surface area contributed by atoms with Crippen LogP contribution in [0.4, 0.5) is 0 Å². The fraction of sp³-hybridized carbons (Fsp3) is 0.931. The molecule has 0 aromatic carbocycles. The lowest BCUT2D eigenvalue weighted by molar-refractivity contribution is -0.161. The number of rotatable bonds is 28. The topological polar surface area (TPSA) is 119 Å². The third-order valence-electron chi connectivity index (χ3n) is 6.63. The van der Waals surface area contributed by atoms with E-state index in [0.29, 0.717) is 6.42 Å². The maximum atomic E-state index is 12.2. The van der Waals surface area contributed by atoms with Gasteiger partial charge in [0.15, 0.2) is 6.10 Å². The van der Waals surface area contributed by atoms with Crippen molar-refractivity contribution < 1.29 is 37.9 Å². The van der Waals surface area contributed by atoms with Gasteiger partial charge in [-0.2, -0.15) is 0 Å². The van der Waals surface area contributed by atoms with E-state index < -0.39 is 32.5 Å². The zero-order chi connectivity index (χ0) is 28.3.